The molecule has 0 bridgehead atoms. The van der Waals surface area contributed by atoms with Gasteiger partial charge in [-0.25, -0.2) is 9.18 Å². The van der Waals surface area contributed by atoms with E-state index in [-0.39, 0.29) is 23.6 Å². The van der Waals surface area contributed by atoms with Gasteiger partial charge in [0.15, 0.2) is 6.23 Å². The van der Waals surface area contributed by atoms with Gasteiger partial charge < -0.3 is 9.47 Å². The third kappa shape index (κ3) is 2.87. The topological polar surface area (TPSA) is 51.7 Å². The number of pyridine rings is 1. The highest BCUT2D eigenvalue weighted by molar-refractivity contribution is 5.84. The molecule has 1 saturated carbocycles. The molecule has 1 aliphatic heterocycles. The number of rotatable bonds is 2. The van der Waals surface area contributed by atoms with E-state index >= 15 is 0 Å². The zero-order valence-corrected chi connectivity index (χ0v) is 15.3. The Balaban J connectivity index is 1.62. The number of aromatic nitrogens is 1. The van der Waals surface area contributed by atoms with Crippen LogP contribution in [0.3, 0.4) is 0 Å². The second kappa shape index (κ2) is 5.83. The van der Waals surface area contributed by atoms with E-state index in [1.165, 1.54) is 12.1 Å². The molecule has 2 aliphatic rings. The van der Waals surface area contributed by atoms with Crippen molar-refractivity contribution in [3.05, 3.63) is 36.3 Å². The second-order valence-electron chi connectivity index (χ2n) is 8.26. The fourth-order valence-corrected chi connectivity index (χ4v) is 3.74. The van der Waals surface area contributed by atoms with Crippen LogP contribution in [0.15, 0.2) is 30.5 Å². The smallest absolute Gasteiger partial charge is 0.413 e. The van der Waals surface area contributed by atoms with Gasteiger partial charge in [0.05, 0.1) is 5.52 Å². The molecular weight excluding hydrogens is 335 g/mol. The summed E-state index contributed by atoms with van der Waals surface area (Å²) < 4.78 is 25.5. The Morgan fingerprint density at radius 1 is 1.31 bits per heavy atom. The molecule has 1 atom stereocenters. The first-order valence-corrected chi connectivity index (χ1v) is 8.98. The standard InChI is InChI=1S/C20H23FN2O3/c1-19(2,3)26-18(24)23-12-20(8-4-9-20)17(23)25-16-7-10-22-15-6-5-13(21)11-14(15)16/h5-7,10-11,17H,4,8-9,12H2,1-3H3. The number of nitrogens with zero attached hydrogens (tertiary/aromatic N) is 2. The average molecular weight is 358 g/mol. The van der Waals surface area contributed by atoms with Gasteiger partial charge in [0, 0.05) is 23.5 Å². The van der Waals surface area contributed by atoms with E-state index in [1.54, 1.807) is 23.2 Å². The predicted molar refractivity (Wildman–Crippen MR) is 95.3 cm³/mol. The number of carbonyl (C=O) groups is 1. The lowest BCUT2D eigenvalue weighted by Gasteiger charge is -2.60. The van der Waals surface area contributed by atoms with Crippen LogP contribution in [0, 0.1) is 11.2 Å². The molecule has 26 heavy (non-hydrogen) atoms. The van der Waals surface area contributed by atoms with Crippen LogP contribution < -0.4 is 4.74 Å². The highest BCUT2D eigenvalue weighted by atomic mass is 19.1. The Morgan fingerprint density at radius 3 is 2.73 bits per heavy atom. The molecule has 138 valence electrons. The van der Waals surface area contributed by atoms with Crippen LogP contribution in [0.4, 0.5) is 9.18 Å². The van der Waals surface area contributed by atoms with Gasteiger partial charge in [-0.15, -0.1) is 0 Å². The van der Waals surface area contributed by atoms with E-state index in [0.717, 1.165) is 19.3 Å². The van der Waals surface area contributed by atoms with Crippen LogP contribution in [0.1, 0.15) is 40.0 Å². The van der Waals surface area contributed by atoms with Crippen molar-refractivity contribution in [3.63, 3.8) is 0 Å². The summed E-state index contributed by atoms with van der Waals surface area (Å²) in [5.74, 6) is 0.199. The third-order valence-electron chi connectivity index (χ3n) is 5.17. The highest BCUT2D eigenvalue weighted by Gasteiger charge is 2.60. The molecule has 2 heterocycles. The van der Waals surface area contributed by atoms with E-state index in [0.29, 0.717) is 23.2 Å². The molecule has 1 unspecified atom stereocenters. The maximum Gasteiger partial charge on any atom is 0.413 e. The van der Waals surface area contributed by atoms with Gasteiger partial charge in [-0.2, -0.15) is 0 Å². The Labute approximate surface area is 152 Å². The third-order valence-corrected chi connectivity index (χ3v) is 5.17. The first-order valence-electron chi connectivity index (χ1n) is 8.98. The van der Waals surface area contributed by atoms with Crippen LogP contribution in [0.25, 0.3) is 10.9 Å². The minimum Gasteiger partial charge on any atom is -0.469 e. The minimum atomic E-state index is -0.559. The molecule has 1 amide bonds. The number of hydrogen-bond donors (Lipinski definition) is 0. The molecule has 2 fully saturated rings. The fourth-order valence-electron chi connectivity index (χ4n) is 3.74. The molecular formula is C20H23FN2O3. The van der Waals surface area contributed by atoms with E-state index in [9.17, 15) is 9.18 Å². The number of halogens is 1. The van der Waals surface area contributed by atoms with Gasteiger partial charge in [0.25, 0.3) is 0 Å². The van der Waals surface area contributed by atoms with Crippen molar-refractivity contribution in [1.82, 2.24) is 9.88 Å². The number of amides is 1. The van der Waals surface area contributed by atoms with Crippen LogP contribution in [0.5, 0.6) is 5.75 Å². The van der Waals surface area contributed by atoms with E-state index in [2.05, 4.69) is 4.98 Å². The lowest BCUT2D eigenvalue weighted by Crippen LogP contribution is -2.71. The largest absolute Gasteiger partial charge is 0.469 e. The number of carbonyl (C=O) groups excluding carboxylic acids is 1. The molecule has 5 nitrogen and oxygen atoms in total. The van der Waals surface area contributed by atoms with Crippen molar-refractivity contribution in [2.24, 2.45) is 5.41 Å². The van der Waals surface area contributed by atoms with Crippen molar-refractivity contribution in [2.75, 3.05) is 6.54 Å². The first-order chi connectivity index (χ1) is 12.3. The summed E-state index contributed by atoms with van der Waals surface area (Å²) in [5, 5.41) is 0.609. The Bertz CT molecular complexity index is 858. The van der Waals surface area contributed by atoms with Crippen LogP contribution in [-0.2, 0) is 4.74 Å². The molecule has 4 rings (SSSR count). The van der Waals surface area contributed by atoms with Gasteiger partial charge in [-0.05, 0) is 57.9 Å². The van der Waals surface area contributed by atoms with Gasteiger partial charge in [-0.1, -0.05) is 6.42 Å². The van der Waals surface area contributed by atoms with Crippen molar-refractivity contribution < 1.29 is 18.7 Å². The molecule has 1 aromatic carbocycles. The minimum absolute atomic E-state index is 0.0141. The van der Waals surface area contributed by atoms with Crippen molar-refractivity contribution >= 4 is 17.0 Å². The summed E-state index contributed by atoms with van der Waals surface area (Å²) in [6, 6.07) is 6.15. The fraction of sp³-hybridized carbons (Fsp3) is 0.500. The Hall–Kier alpha value is -2.37. The Morgan fingerprint density at radius 2 is 2.08 bits per heavy atom. The maximum atomic E-state index is 13.7. The molecule has 2 aromatic rings. The summed E-state index contributed by atoms with van der Waals surface area (Å²) in [6.07, 6.45) is 4.06. The predicted octanol–water partition coefficient (Wildman–Crippen LogP) is 4.50. The molecule has 1 spiro atoms. The first kappa shape index (κ1) is 17.1. The monoisotopic (exact) mass is 358 g/mol. The zero-order valence-electron chi connectivity index (χ0n) is 15.3. The zero-order chi connectivity index (χ0) is 18.5. The molecule has 1 aliphatic carbocycles. The van der Waals surface area contributed by atoms with Crippen LogP contribution in [0.2, 0.25) is 0 Å². The average Bonchev–Trinajstić information content (AvgIpc) is 2.48. The van der Waals surface area contributed by atoms with Crippen LogP contribution in [-0.4, -0.2) is 34.4 Å². The van der Waals surface area contributed by atoms with Gasteiger partial charge >= 0.3 is 6.09 Å². The molecule has 1 aromatic heterocycles. The van der Waals surface area contributed by atoms with E-state index in [4.69, 9.17) is 9.47 Å². The normalized spacial score (nSPS) is 21.2. The number of benzene rings is 1. The summed E-state index contributed by atoms with van der Waals surface area (Å²) in [7, 11) is 0. The van der Waals surface area contributed by atoms with Gasteiger partial charge in [0.1, 0.15) is 17.2 Å². The molecule has 0 radical (unpaired) electrons. The summed E-state index contributed by atoms with van der Waals surface area (Å²) in [4.78, 5) is 18.4. The summed E-state index contributed by atoms with van der Waals surface area (Å²) in [5.41, 5.74) is 0.0887. The van der Waals surface area contributed by atoms with Gasteiger partial charge in [-0.3, -0.25) is 9.88 Å². The number of fused-ring (bicyclic) bond motifs is 1. The molecule has 1 saturated heterocycles. The van der Waals surface area contributed by atoms with Gasteiger partial charge in [0.2, 0.25) is 0 Å². The Kier molecular flexibility index (Phi) is 3.82. The number of hydrogen-bond acceptors (Lipinski definition) is 4. The number of likely N-dealkylation sites (tertiary alicyclic amines) is 1. The second-order valence-corrected chi connectivity index (χ2v) is 8.26. The number of ether oxygens (including phenoxy) is 2. The van der Waals surface area contributed by atoms with E-state index < -0.39 is 5.60 Å². The van der Waals surface area contributed by atoms with Crippen LogP contribution >= 0.6 is 0 Å². The molecule has 0 N–H and O–H groups in total. The maximum absolute atomic E-state index is 13.7. The molecule has 6 heteroatoms. The SMILES string of the molecule is CC(C)(C)OC(=O)N1CC2(CCC2)C1Oc1ccnc2ccc(F)cc12. The summed E-state index contributed by atoms with van der Waals surface area (Å²) >= 11 is 0. The summed E-state index contributed by atoms with van der Waals surface area (Å²) in [6.45, 7) is 6.18. The van der Waals surface area contributed by atoms with E-state index in [1.807, 2.05) is 20.8 Å². The lowest BCUT2D eigenvalue weighted by molar-refractivity contribution is -0.200. The quantitative estimate of drug-likeness (QED) is 0.793. The lowest BCUT2D eigenvalue weighted by atomic mass is 9.62. The van der Waals surface area contributed by atoms with Crippen molar-refractivity contribution in [2.45, 2.75) is 51.9 Å². The highest BCUT2D eigenvalue weighted by Crippen LogP contribution is 2.54. The van der Waals surface area contributed by atoms with Crippen molar-refractivity contribution in [1.29, 1.82) is 0 Å². The van der Waals surface area contributed by atoms with Crippen molar-refractivity contribution in [3.8, 4) is 5.75 Å².